The molecule has 0 atom stereocenters. The number of allylic oxidation sites excluding steroid dienone is 3. The first-order valence-electron chi connectivity index (χ1n) is 3.96. The number of carboxylic acid groups (broad SMARTS) is 2. The first kappa shape index (κ1) is 14.7. The molecule has 0 bridgehead atoms. The molecule has 0 aliphatic rings. The molecule has 0 radical (unpaired) electrons. The molecule has 0 unspecified atom stereocenters. The summed E-state index contributed by atoms with van der Waals surface area (Å²) in [5.74, 6) is -2.51. The molecule has 0 aromatic carbocycles. The van der Waals surface area contributed by atoms with Crippen LogP contribution in [0.2, 0.25) is 0 Å². The molecule has 2 N–H and O–H groups in total. The molecule has 0 fully saturated rings. The van der Waals surface area contributed by atoms with E-state index in [0.29, 0.717) is 12.2 Å². The van der Waals surface area contributed by atoms with Gasteiger partial charge in [0.15, 0.2) is 0 Å². The third kappa shape index (κ3) is 22.5. The Morgan fingerprint density at radius 3 is 1.79 bits per heavy atom. The summed E-state index contributed by atoms with van der Waals surface area (Å²) >= 11 is 0. The van der Waals surface area contributed by atoms with Gasteiger partial charge in [0.2, 0.25) is 0 Å². The van der Waals surface area contributed by atoms with Crippen molar-refractivity contribution in [2.75, 3.05) is 0 Å². The maximum atomic E-state index is 9.55. The number of carboxylic acids is 2. The number of aliphatic carboxylic acids is 2. The second kappa shape index (κ2) is 11.2. The van der Waals surface area contributed by atoms with Crippen LogP contribution in [0.4, 0.5) is 0 Å². The number of hydrogen-bond acceptors (Lipinski definition) is 2. The number of hydrogen-bond donors (Lipinski definition) is 2. The van der Waals surface area contributed by atoms with E-state index < -0.39 is 11.9 Å². The highest BCUT2D eigenvalue weighted by atomic mass is 16.4. The summed E-state index contributed by atoms with van der Waals surface area (Å²) in [6.07, 6.45) is 8.01. The lowest BCUT2D eigenvalue weighted by Crippen LogP contribution is -1.91. The van der Waals surface area contributed by atoms with Crippen molar-refractivity contribution < 1.29 is 19.8 Å². The van der Waals surface area contributed by atoms with Crippen molar-refractivity contribution in [2.45, 2.75) is 13.3 Å². The topological polar surface area (TPSA) is 74.6 Å². The molecular formula is C10H14O4. The Morgan fingerprint density at radius 2 is 1.64 bits per heavy atom. The number of rotatable bonds is 4. The largest absolute Gasteiger partial charge is 0.478 e. The zero-order valence-electron chi connectivity index (χ0n) is 8.01. The highest BCUT2D eigenvalue weighted by Gasteiger charge is 1.88. The minimum atomic E-state index is -1.26. The van der Waals surface area contributed by atoms with Crippen LogP contribution in [0.15, 0.2) is 37.0 Å². The van der Waals surface area contributed by atoms with Crippen molar-refractivity contribution in [3.8, 4) is 0 Å². The summed E-state index contributed by atoms with van der Waals surface area (Å²) in [7, 11) is 0. The van der Waals surface area contributed by atoms with Gasteiger partial charge in [0, 0.05) is 12.2 Å². The van der Waals surface area contributed by atoms with Gasteiger partial charge in [-0.1, -0.05) is 31.7 Å². The summed E-state index contributed by atoms with van der Waals surface area (Å²) in [5.41, 5.74) is 0. The molecule has 14 heavy (non-hydrogen) atoms. The Hall–Kier alpha value is -1.84. The van der Waals surface area contributed by atoms with Crippen molar-refractivity contribution in [3.05, 3.63) is 37.0 Å². The van der Waals surface area contributed by atoms with E-state index in [4.69, 9.17) is 10.2 Å². The maximum absolute atomic E-state index is 9.55. The van der Waals surface area contributed by atoms with Gasteiger partial charge in [0.05, 0.1) is 0 Å². The van der Waals surface area contributed by atoms with Crippen LogP contribution in [0, 0.1) is 0 Å². The van der Waals surface area contributed by atoms with Crippen molar-refractivity contribution in [1.29, 1.82) is 0 Å². The van der Waals surface area contributed by atoms with Gasteiger partial charge in [-0.2, -0.15) is 0 Å². The van der Waals surface area contributed by atoms with E-state index in [0.717, 1.165) is 6.42 Å². The fourth-order valence-electron chi connectivity index (χ4n) is 0.375. The van der Waals surface area contributed by atoms with E-state index in [1.54, 1.807) is 6.08 Å². The average molecular weight is 198 g/mol. The summed E-state index contributed by atoms with van der Waals surface area (Å²) < 4.78 is 0. The average Bonchev–Trinajstić information content (AvgIpc) is 2.12. The Kier molecular flexibility index (Phi) is 11.7. The van der Waals surface area contributed by atoms with Gasteiger partial charge < -0.3 is 10.2 Å². The van der Waals surface area contributed by atoms with Gasteiger partial charge in [0.25, 0.3) is 0 Å². The highest BCUT2D eigenvalue weighted by molar-refractivity contribution is 5.89. The molecule has 0 aromatic rings. The monoisotopic (exact) mass is 198 g/mol. The minimum absolute atomic E-state index is 0.558. The molecule has 0 rings (SSSR count). The van der Waals surface area contributed by atoms with Crippen LogP contribution in [0.5, 0.6) is 0 Å². The summed E-state index contributed by atoms with van der Waals surface area (Å²) in [6, 6.07) is 0. The number of carbonyl (C=O) groups is 2. The Balaban J connectivity index is 0. The Labute approximate surface area is 82.9 Å². The summed E-state index contributed by atoms with van der Waals surface area (Å²) in [4.78, 5) is 19.1. The second-order valence-corrected chi connectivity index (χ2v) is 2.08. The normalized spacial score (nSPS) is 9.50. The van der Waals surface area contributed by atoms with Gasteiger partial charge in [-0.15, -0.1) is 0 Å². The Bertz CT molecular complexity index is 223. The lowest BCUT2D eigenvalue weighted by molar-refractivity contribution is -0.134. The zero-order chi connectivity index (χ0) is 11.4. The smallest absolute Gasteiger partial charge is 0.328 e. The molecule has 0 aliphatic heterocycles. The van der Waals surface area contributed by atoms with Crippen LogP contribution in [0.1, 0.15) is 13.3 Å². The van der Waals surface area contributed by atoms with E-state index in [2.05, 4.69) is 19.6 Å². The molecule has 0 amide bonds. The van der Waals surface area contributed by atoms with Crippen LogP contribution in [-0.2, 0) is 9.59 Å². The van der Waals surface area contributed by atoms with Gasteiger partial charge in [-0.05, 0) is 6.42 Å². The molecule has 0 saturated carbocycles. The predicted molar refractivity (Wildman–Crippen MR) is 54.0 cm³/mol. The van der Waals surface area contributed by atoms with Crippen molar-refractivity contribution in [2.24, 2.45) is 0 Å². The lowest BCUT2D eigenvalue weighted by atomic mass is 10.4. The molecule has 78 valence electrons. The molecule has 4 nitrogen and oxygen atoms in total. The lowest BCUT2D eigenvalue weighted by Gasteiger charge is -1.74. The molecule has 0 saturated heterocycles. The molecule has 4 heteroatoms. The van der Waals surface area contributed by atoms with Crippen molar-refractivity contribution >= 4 is 11.9 Å². The van der Waals surface area contributed by atoms with E-state index in [1.165, 1.54) is 0 Å². The maximum Gasteiger partial charge on any atom is 0.328 e. The van der Waals surface area contributed by atoms with Gasteiger partial charge in [-0.25, -0.2) is 9.59 Å². The summed E-state index contributed by atoms with van der Waals surface area (Å²) in [6.45, 7) is 5.61. The SMILES string of the molecule is C=CC=CCC.O=C(O)/C=C/C(=O)O. The van der Waals surface area contributed by atoms with E-state index in [9.17, 15) is 9.59 Å². The third-order valence-corrected chi connectivity index (χ3v) is 0.876. The van der Waals surface area contributed by atoms with Crippen LogP contribution in [0.3, 0.4) is 0 Å². The molecule has 0 heterocycles. The molecule has 0 spiro atoms. The molecule has 0 aliphatic carbocycles. The third-order valence-electron chi connectivity index (χ3n) is 0.876. The highest BCUT2D eigenvalue weighted by Crippen LogP contribution is 1.76. The van der Waals surface area contributed by atoms with Gasteiger partial charge >= 0.3 is 11.9 Å². The van der Waals surface area contributed by atoms with Gasteiger partial charge in [0.1, 0.15) is 0 Å². The van der Waals surface area contributed by atoms with Crippen LogP contribution >= 0.6 is 0 Å². The van der Waals surface area contributed by atoms with Crippen LogP contribution in [-0.4, -0.2) is 22.2 Å². The van der Waals surface area contributed by atoms with Crippen LogP contribution < -0.4 is 0 Å². The Morgan fingerprint density at radius 1 is 1.21 bits per heavy atom. The standard InChI is InChI=1S/C6H10.C4H4O4/c1-3-5-6-4-2;5-3(6)1-2-4(7)8/h3,5-6H,1,4H2,2H3;1-2H,(H,5,6)(H,7,8)/b;2-1+. The fourth-order valence-corrected chi connectivity index (χ4v) is 0.375. The fraction of sp³-hybridized carbons (Fsp3) is 0.200. The molecule has 0 aromatic heterocycles. The van der Waals surface area contributed by atoms with E-state index >= 15 is 0 Å². The first-order valence-corrected chi connectivity index (χ1v) is 3.96. The van der Waals surface area contributed by atoms with Crippen LogP contribution in [0.25, 0.3) is 0 Å². The zero-order valence-corrected chi connectivity index (χ0v) is 8.01. The van der Waals surface area contributed by atoms with E-state index in [-0.39, 0.29) is 0 Å². The van der Waals surface area contributed by atoms with Crippen molar-refractivity contribution in [1.82, 2.24) is 0 Å². The minimum Gasteiger partial charge on any atom is -0.478 e. The molecular weight excluding hydrogens is 184 g/mol. The van der Waals surface area contributed by atoms with Gasteiger partial charge in [-0.3, -0.25) is 0 Å². The van der Waals surface area contributed by atoms with Crippen molar-refractivity contribution in [3.63, 3.8) is 0 Å². The quantitative estimate of drug-likeness (QED) is 0.534. The summed E-state index contributed by atoms with van der Waals surface area (Å²) in [5, 5.41) is 15.6. The first-order chi connectivity index (χ1) is 6.54. The second-order valence-electron chi connectivity index (χ2n) is 2.08. The predicted octanol–water partition coefficient (Wildman–Crippen LogP) is 1.85. The van der Waals surface area contributed by atoms with E-state index in [1.807, 2.05) is 6.08 Å².